The van der Waals surface area contributed by atoms with Gasteiger partial charge in [0.05, 0.1) is 11.7 Å². The molecule has 2 fully saturated rings. The Bertz CT molecular complexity index is 502. The van der Waals surface area contributed by atoms with Gasteiger partial charge in [0, 0.05) is 44.8 Å². The van der Waals surface area contributed by atoms with Crippen molar-refractivity contribution in [3.63, 3.8) is 0 Å². The van der Waals surface area contributed by atoms with Gasteiger partial charge in [0.2, 0.25) is 0 Å². The van der Waals surface area contributed by atoms with Crippen molar-refractivity contribution in [2.24, 2.45) is 5.92 Å². The van der Waals surface area contributed by atoms with Crippen LogP contribution in [-0.4, -0.2) is 54.8 Å². The Morgan fingerprint density at radius 1 is 1.43 bits per heavy atom. The Balaban J connectivity index is 1.66. The number of amides is 1. The number of aliphatic hydroxyl groups is 1. The first kappa shape index (κ1) is 14.3. The van der Waals surface area contributed by atoms with Gasteiger partial charge in [-0.3, -0.25) is 4.79 Å². The first-order chi connectivity index (χ1) is 10.3. The van der Waals surface area contributed by atoms with Gasteiger partial charge in [-0.05, 0) is 25.0 Å². The Morgan fingerprint density at radius 2 is 2.24 bits per heavy atom. The van der Waals surface area contributed by atoms with E-state index < -0.39 is 0 Å². The van der Waals surface area contributed by atoms with Gasteiger partial charge in [-0.15, -0.1) is 0 Å². The van der Waals surface area contributed by atoms with Crippen molar-refractivity contribution in [1.29, 1.82) is 0 Å². The molecule has 0 bridgehead atoms. The highest BCUT2D eigenvalue weighted by Crippen LogP contribution is 2.21. The summed E-state index contributed by atoms with van der Waals surface area (Å²) in [6.07, 6.45) is 3.65. The van der Waals surface area contributed by atoms with Crippen molar-refractivity contribution >= 4 is 11.7 Å². The quantitative estimate of drug-likeness (QED) is 0.727. The number of aliphatic hydroxyl groups excluding tert-OH is 1. The van der Waals surface area contributed by atoms with Crippen molar-refractivity contribution in [2.45, 2.75) is 18.9 Å². The number of carbonyl (C=O) groups excluding carboxylic acids is 1. The molecule has 3 N–H and O–H groups in total. The van der Waals surface area contributed by atoms with Crippen molar-refractivity contribution in [3.8, 4) is 0 Å². The van der Waals surface area contributed by atoms with Crippen LogP contribution < -0.4 is 15.5 Å². The van der Waals surface area contributed by atoms with Crippen LogP contribution in [0.4, 0.5) is 5.82 Å². The average molecular weight is 290 g/mol. The SMILES string of the molecule is O=C(NCC1CNCC1O)c1cccnc1N1CCCC1. The number of pyridine rings is 1. The fourth-order valence-corrected chi connectivity index (χ4v) is 3.00. The molecule has 3 heterocycles. The van der Waals surface area contributed by atoms with E-state index in [4.69, 9.17) is 0 Å². The number of carbonyl (C=O) groups is 1. The lowest BCUT2D eigenvalue weighted by molar-refractivity contribution is 0.0927. The van der Waals surface area contributed by atoms with E-state index in [2.05, 4.69) is 20.5 Å². The van der Waals surface area contributed by atoms with Crippen molar-refractivity contribution < 1.29 is 9.90 Å². The first-order valence-electron chi connectivity index (χ1n) is 7.62. The molecule has 2 aliphatic heterocycles. The lowest BCUT2D eigenvalue weighted by Gasteiger charge is -2.20. The van der Waals surface area contributed by atoms with Crippen molar-refractivity contribution in [1.82, 2.24) is 15.6 Å². The van der Waals surface area contributed by atoms with Gasteiger partial charge in [-0.2, -0.15) is 0 Å². The summed E-state index contributed by atoms with van der Waals surface area (Å²) in [5.41, 5.74) is 0.625. The summed E-state index contributed by atoms with van der Waals surface area (Å²) in [6, 6.07) is 3.61. The fraction of sp³-hybridized carbons (Fsp3) is 0.600. The summed E-state index contributed by atoms with van der Waals surface area (Å²) in [5.74, 6) is 0.752. The lowest BCUT2D eigenvalue weighted by Crippen LogP contribution is -2.35. The first-order valence-corrected chi connectivity index (χ1v) is 7.62. The Hall–Kier alpha value is -1.66. The number of hydrogen-bond donors (Lipinski definition) is 3. The van der Waals surface area contributed by atoms with E-state index in [1.54, 1.807) is 12.3 Å². The zero-order valence-corrected chi connectivity index (χ0v) is 12.1. The van der Waals surface area contributed by atoms with E-state index in [1.165, 1.54) is 0 Å². The predicted octanol–water partition coefficient (Wildman–Crippen LogP) is -0.00810. The zero-order valence-electron chi connectivity index (χ0n) is 12.1. The molecular formula is C15H22N4O2. The number of β-amino-alcohol motifs (C(OH)–C–C–N with tert-alkyl or cyclic N) is 1. The molecule has 2 unspecified atom stereocenters. The van der Waals surface area contributed by atoms with Gasteiger partial charge >= 0.3 is 0 Å². The summed E-state index contributed by atoms with van der Waals surface area (Å²) >= 11 is 0. The van der Waals surface area contributed by atoms with Gasteiger partial charge < -0.3 is 20.6 Å². The third-order valence-corrected chi connectivity index (χ3v) is 4.27. The van der Waals surface area contributed by atoms with Gasteiger partial charge in [-0.25, -0.2) is 4.98 Å². The highest BCUT2D eigenvalue weighted by molar-refractivity contribution is 5.98. The van der Waals surface area contributed by atoms with Crippen molar-refractivity contribution in [3.05, 3.63) is 23.9 Å². The third kappa shape index (κ3) is 3.16. The van der Waals surface area contributed by atoms with E-state index in [0.29, 0.717) is 18.7 Å². The maximum absolute atomic E-state index is 12.4. The molecule has 0 radical (unpaired) electrons. The second-order valence-electron chi connectivity index (χ2n) is 5.76. The number of nitrogens with zero attached hydrogens (tertiary/aromatic N) is 2. The summed E-state index contributed by atoms with van der Waals surface area (Å²) < 4.78 is 0. The second kappa shape index (κ2) is 6.41. The van der Waals surface area contributed by atoms with Crippen LogP contribution in [-0.2, 0) is 0 Å². The summed E-state index contributed by atoms with van der Waals surface area (Å²) in [5, 5.41) is 15.8. The predicted molar refractivity (Wildman–Crippen MR) is 80.4 cm³/mol. The smallest absolute Gasteiger partial charge is 0.255 e. The molecule has 1 amide bonds. The average Bonchev–Trinajstić information content (AvgIpc) is 3.16. The molecule has 1 aromatic rings. The van der Waals surface area contributed by atoms with Crippen LogP contribution in [0, 0.1) is 5.92 Å². The monoisotopic (exact) mass is 290 g/mol. The number of nitrogens with one attached hydrogen (secondary N) is 2. The van der Waals surface area contributed by atoms with Gasteiger partial charge in [0.1, 0.15) is 5.82 Å². The van der Waals surface area contributed by atoms with Gasteiger partial charge in [0.15, 0.2) is 0 Å². The normalized spacial score (nSPS) is 25.3. The molecule has 114 valence electrons. The maximum atomic E-state index is 12.4. The summed E-state index contributed by atoms with van der Waals surface area (Å²) in [6.45, 7) is 3.76. The van der Waals surface area contributed by atoms with Gasteiger partial charge in [0.25, 0.3) is 5.91 Å². The molecule has 1 aromatic heterocycles. The largest absolute Gasteiger partial charge is 0.391 e. The highest BCUT2D eigenvalue weighted by atomic mass is 16.3. The molecule has 6 heteroatoms. The molecule has 0 aromatic carbocycles. The molecule has 0 saturated carbocycles. The standard InChI is InChI=1S/C15H22N4O2/c20-13-10-16-8-11(13)9-18-15(21)12-4-3-5-17-14(12)19-6-1-2-7-19/h3-5,11,13,16,20H,1-2,6-10H2,(H,18,21). The molecule has 2 atom stereocenters. The Kier molecular flexibility index (Phi) is 4.36. The summed E-state index contributed by atoms with van der Waals surface area (Å²) in [7, 11) is 0. The lowest BCUT2D eigenvalue weighted by atomic mass is 10.1. The molecule has 21 heavy (non-hydrogen) atoms. The molecular weight excluding hydrogens is 268 g/mol. The van der Waals surface area contributed by atoms with Crippen LogP contribution in [0.15, 0.2) is 18.3 Å². The van der Waals surface area contributed by atoms with E-state index in [1.807, 2.05) is 6.07 Å². The fourth-order valence-electron chi connectivity index (χ4n) is 3.00. The van der Waals surface area contributed by atoms with Crippen LogP contribution in [0.25, 0.3) is 0 Å². The van der Waals surface area contributed by atoms with Gasteiger partial charge in [-0.1, -0.05) is 0 Å². The molecule has 2 aliphatic rings. The number of aromatic nitrogens is 1. The highest BCUT2D eigenvalue weighted by Gasteiger charge is 2.26. The molecule has 6 nitrogen and oxygen atoms in total. The molecule has 0 aliphatic carbocycles. The minimum atomic E-state index is -0.378. The topological polar surface area (TPSA) is 77.5 Å². The molecule has 3 rings (SSSR count). The van der Waals surface area contributed by atoms with Crippen LogP contribution in [0.3, 0.4) is 0 Å². The van der Waals surface area contributed by atoms with E-state index in [9.17, 15) is 9.90 Å². The number of hydrogen-bond acceptors (Lipinski definition) is 5. The second-order valence-corrected chi connectivity index (χ2v) is 5.76. The Labute approximate surface area is 124 Å². The number of anilines is 1. The summed E-state index contributed by atoms with van der Waals surface area (Å²) in [4.78, 5) is 19.0. The minimum Gasteiger partial charge on any atom is -0.391 e. The zero-order chi connectivity index (χ0) is 14.7. The Morgan fingerprint density at radius 3 is 2.95 bits per heavy atom. The van der Waals surface area contributed by atoms with Crippen LogP contribution in [0.2, 0.25) is 0 Å². The van der Waals surface area contributed by atoms with Crippen LogP contribution in [0.1, 0.15) is 23.2 Å². The molecule has 0 spiro atoms. The molecule has 2 saturated heterocycles. The van der Waals surface area contributed by atoms with E-state index in [-0.39, 0.29) is 17.9 Å². The number of rotatable bonds is 4. The third-order valence-electron chi connectivity index (χ3n) is 4.27. The minimum absolute atomic E-state index is 0.0841. The van der Waals surface area contributed by atoms with E-state index >= 15 is 0 Å². The van der Waals surface area contributed by atoms with Crippen LogP contribution in [0.5, 0.6) is 0 Å². The van der Waals surface area contributed by atoms with Crippen LogP contribution >= 0.6 is 0 Å². The van der Waals surface area contributed by atoms with Crippen molar-refractivity contribution in [2.75, 3.05) is 37.6 Å². The maximum Gasteiger partial charge on any atom is 0.255 e. The van der Waals surface area contributed by atoms with E-state index in [0.717, 1.165) is 38.3 Å².